The van der Waals surface area contributed by atoms with Gasteiger partial charge in [-0.05, 0) is 41.9 Å². The number of hydrogen-bond acceptors (Lipinski definition) is 3. The van der Waals surface area contributed by atoms with Crippen LogP contribution in [-0.4, -0.2) is 32.1 Å². The van der Waals surface area contributed by atoms with Gasteiger partial charge in [-0.25, -0.2) is 4.39 Å². The van der Waals surface area contributed by atoms with E-state index in [4.69, 9.17) is 15.9 Å². The van der Waals surface area contributed by atoms with E-state index in [1.165, 1.54) is 0 Å². The Morgan fingerprint density at radius 1 is 1.47 bits per heavy atom. The summed E-state index contributed by atoms with van der Waals surface area (Å²) in [5.41, 5.74) is 6.24. The average molecular weight is 332 g/mol. The van der Waals surface area contributed by atoms with Crippen molar-refractivity contribution in [3.8, 4) is 0 Å². The third-order valence-electron chi connectivity index (χ3n) is 2.78. The Hall–Kier alpha value is -1.14. The van der Waals surface area contributed by atoms with Crippen LogP contribution in [0.25, 0.3) is 0 Å². The molecule has 1 rings (SSSR count). The minimum Gasteiger partial charge on any atom is -0.384 e. The van der Waals surface area contributed by atoms with Crippen LogP contribution >= 0.6 is 15.9 Å². The molecule has 0 unspecified atom stereocenters. The normalized spacial score (nSPS) is 10.5. The first kappa shape index (κ1) is 15.9. The van der Waals surface area contributed by atoms with Crippen molar-refractivity contribution in [1.82, 2.24) is 0 Å². The zero-order valence-corrected chi connectivity index (χ0v) is 12.8. The van der Waals surface area contributed by atoms with E-state index in [9.17, 15) is 4.39 Å². The van der Waals surface area contributed by atoms with Crippen molar-refractivity contribution in [2.75, 3.05) is 31.2 Å². The van der Waals surface area contributed by atoms with E-state index in [0.717, 1.165) is 0 Å². The summed E-state index contributed by atoms with van der Waals surface area (Å²) in [4.78, 5) is 1.89. The van der Waals surface area contributed by atoms with Gasteiger partial charge in [0.25, 0.3) is 0 Å². The maximum Gasteiger partial charge on any atom is 0.161 e. The van der Waals surface area contributed by atoms with Crippen LogP contribution in [0.2, 0.25) is 0 Å². The fraction of sp³-hybridized carbons (Fsp3) is 0.462. The summed E-state index contributed by atoms with van der Waals surface area (Å²) in [6.07, 6.45) is 0. The molecule has 1 aromatic rings. The van der Waals surface area contributed by atoms with Crippen LogP contribution in [0.1, 0.15) is 19.4 Å². The first-order chi connectivity index (χ1) is 9.02. The van der Waals surface area contributed by atoms with Crippen molar-refractivity contribution in [3.05, 3.63) is 28.0 Å². The Balaban J connectivity index is 2.99. The zero-order valence-electron chi connectivity index (χ0n) is 11.2. The molecule has 0 aliphatic rings. The summed E-state index contributed by atoms with van der Waals surface area (Å²) < 4.78 is 19.8. The molecular formula is C13H19BrFN3O. The topological polar surface area (TPSA) is 62.3 Å². The van der Waals surface area contributed by atoms with Gasteiger partial charge in [-0.15, -0.1) is 0 Å². The molecule has 0 aliphatic carbocycles. The highest BCUT2D eigenvalue weighted by Crippen LogP contribution is 2.29. The lowest BCUT2D eigenvalue weighted by Gasteiger charge is -2.24. The first-order valence-corrected chi connectivity index (χ1v) is 6.97. The van der Waals surface area contributed by atoms with Crippen LogP contribution in [-0.2, 0) is 4.74 Å². The summed E-state index contributed by atoms with van der Waals surface area (Å²) in [5.74, 6) is -0.555. The van der Waals surface area contributed by atoms with Crippen LogP contribution in [0, 0.1) is 11.2 Å². The van der Waals surface area contributed by atoms with Crippen molar-refractivity contribution in [2.45, 2.75) is 13.8 Å². The molecule has 0 saturated carbocycles. The Bertz CT molecular complexity index is 454. The molecule has 0 radical (unpaired) electrons. The fourth-order valence-electron chi connectivity index (χ4n) is 1.76. The second-order valence-electron chi connectivity index (χ2n) is 3.95. The molecule has 0 saturated heterocycles. The Kier molecular flexibility index (Phi) is 6.24. The molecule has 1 aromatic carbocycles. The summed E-state index contributed by atoms with van der Waals surface area (Å²) in [6.45, 7) is 6.37. The van der Waals surface area contributed by atoms with E-state index in [1.54, 1.807) is 12.1 Å². The third-order valence-corrected chi connectivity index (χ3v) is 3.56. The van der Waals surface area contributed by atoms with Gasteiger partial charge in [0.05, 0.1) is 16.8 Å². The van der Waals surface area contributed by atoms with Crippen LogP contribution in [0.3, 0.4) is 0 Å². The molecule has 6 heteroatoms. The number of nitrogens with two attached hydrogens (primary N) is 1. The smallest absolute Gasteiger partial charge is 0.161 e. The Morgan fingerprint density at radius 3 is 2.68 bits per heavy atom. The van der Waals surface area contributed by atoms with E-state index >= 15 is 0 Å². The molecule has 0 heterocycles. The molecule has 4 nitrogen and oxygen atoms in total. The second kappa shape index (κ2) is 7.45. The van der Waals surface area contributed by atoms with Crippen molar-refractivity contribution in [1.29, 1.82) is 5.41 Å². The summed E-state index contributed by atoms with van der Waals surface area (Å²) in [7, 11) is 0. The number of nitrogens with one attached hydrogen (secondary N) is 1. The number of nitrogen functional groups attached to an aromatic ring is 1. The maximum atomic E-state index is 14.3. The van der Waals surface area contributed by atoms with Crippen LogP contribution in [0.4, 0.5) is 10.1 Å². The monoisotopic (exact) mass is 331 g/mol. The number of benzene rings is 1. The summed E-state index contributed by atoms with van der Waals surface area (Å²) in [5, 5.41) is 7.38. The van der Waals surface area contributed by atoms with Crippen molar-refractivity contribution in [2.24, 2.45) is 5.73 Å². The molecule has 106 valence electrons. The van der Waals surface area contributed by atoms with E-state index in [0.29, 0.717) is 37.6 Å². The highest BCUT2D eigenvalue weighted by Gasteiger charge is 2.16. The van der Waals surface area contributed by atoms with E-state index < -0.39 is 5.82 Å². The second-order valence-corrected chi connectivity index (χ2v) is 4.74. The highest BCUT2D eigenvalue weighted by molar-refractivity contribution is 9.10. The maximum absolute atomic E-state index is 14.3. The standard InChI is InChI=1S/C13H19BrFN3O/c1-3-18(7-8-19-4-2)10-6-5-9(13(16)17)11(14)12(10)15/h5-6H,3-4,7-8H2,1-2H3,(H3,16,17). The molecule has 0 spiro atoms. The molecule has 0 fully saturated rings. The van der Waals surface area contributed by atoms with E-state index in [1.807, 2.05) is 18.7 Å². The van der Waals surface area contributed by atoms with Crippen LogP contribution < -0.4 is 10.6 Å². The van der Waals surface area contributed by atoms with Gasteiger partial charge in [-0.2, -0.15) is 0 Å². The van der Waals surface area contributed by atoms with Gasteiger partial charge < -0.3 is 15.4 Å². The number of halogens is 2. The minimum atomic E-state index is -0.397. The first-order valence-electron chi connectivity index (χ1n) is 6.17. The lowest BCUT2D eigenvalue weighted by Crippen LogP contribution is -2.28. The largest absolute Gasteiger partial charge is 0.384 e. The highest BCUT2D eigenvalue weighted by atomic mass is 79.9. The van der Waals surface area contributed by atoms with Crippen LogP contribution in [0.5, 0.6) is 0 Å². The quantitative estimate of drug-likeness (QED) is 0.458. The Labute approximate surface area is 121 Å². The molecule has 0 aromatic heterocycles. The molecule has 0 aliphatic heterocycles. The predicted octanol–water partition coefficient (Wildman–Crippen LogP) is 2.74. The van der Waals surface area contributed by atoms with Crippen molar-refractivity contribution >= 4 is 27.5 Å². The third kappa shape index (κ3) is 3.91. The van der Waals surface area contributed by atoms with Crippen molar-refractivity contribution < 1.29 is 9.13 Å². The van der Waals surface area contributed by atoms with Gasteiger partial charge in [-0.1, -0.05) is 0 Å². The van der Waals surface area contributed by atoms with Gasteiger partial charge in [0, 0.05) is 25.3 Å². The van der Waals surface area contributed by atoms with E-state index in [-0.39, 0.29) is 10.3 Å². The van der Waals surface area contributed by atoms with E-state index in [2.05, 4.69) is 15.9 Å². The predicted molar refractivity (Wildman–Crippen MR) is 79.5 cm³/mol. The van der Waals surface area contributed by atoms with Gasteiger partial charge in [0.15, 0.2) is 5.82 Å². The minimum absolute atomic E-state index is 0.158. The number of likely N-dealkylation sites (N-methyl/N-ethyl adjacent to an activating group) is 1. The van der Waals surface area contributed by atoms with Gasteiger partial charge in [0.1, 0.15) is 5.84 Å². The number of ether oxygens (including phenoxy) is 1. The molecule has 0 amide bonds. The van der Waals surface area contributed by atoms with Gasteiger partial charge in [0.2, 0.25) is 0 Å². The van der Waals surface area contributed by atoms with Gasteiger partial charge >= 0.3 is 0 Å². The molecule has 19 heavy (non-hydrogen) atoms. The zero-order chi connectivity index (χ0) is 14.4. The fourth-order valence-corrected chi connectivity index (χ4v) is 2.31. The molecule has 0 bridgehead atoms. The van der Waals surface area contributed by atoms with Gasteiger partial charge in [-0.3, -0.25) is 5.41 Å². The number of nitrogens with zero attached hydrogens (tertiary/aromatic N) is 1. The Morgan fingerprint density at radius 2 is 2.16 bits per heavy atom. The lowest BCUT2D eigenvalue weighted by molar-refractivity contribution is 0.154. The number of rotatable bonds is 7. The number of amidine groups is 1. The molecular weight excluding hydrogens is 313 g/mol. The summed E-state index contributed by atoms with van der Waals surface area (Å²) in [6, 6.07) is 3.29. The van der Waals surface area contributed by atoms with Crippen LogP contribution in [0.15, 0.2) is 16.6 Å². The molecule has 0 atom stereocenters. The lowest BCUT2D eigenvalue weighted by atomic mass is 10.1. The number of anilines is 1. The number of hydrogen-bond donors (Lipinski definition) is 2. The SMILES string of the molecule is CCOCCN(CC)c1ccc(C(=N)N)c(Br)c1F. The molecule has 3 N–H and O–H groups in total. The average Bonchev–Trinajstić information content (AvgIpc) is 2.38. The van der Waals surface area contributed by atoms with Crippen molar-refractivity contribution in [3.63, 3.8) is 0 Å². The summed E-state index contributed by atoms with van der Waals surface area (Å²) >= 11 is 3.16.